The largest absolute Gasteiger partial charge is 0.481 e. The maximum Gasteiger partial charge on any atom is 0.307 e. The Bertz CT molecular complexity index is 449. The van der Waals surface area contributed by atoms with E-state index in [-0.39, 0.29) is 12.4 Å². The highest BCUT2D eigenvalue weighted by Crippen LogP contribution is 2.11. The zero-order valence-corrected chi connectivity index (χ0v) is 17.1. The molecule has 0 aliphatic rings. The number of carbonyl (C=O) groups excluding carboxylic acids is 1. The lowest BCUT2D eigenvalue weighted by molar-refractivity contribution is -0.873. The Morgan fingerprint density at radius 2 is 1.62 bits per heavy atom. The minimum absolute atomic E-state index is 0.135. The number of quaternary nitrogens is 1. The van der Waals surface area contributed by atoms with Gasteiger partial charge in [0.25, 0.3) is 0 Å². The van der Waals surface area contributed by atoms with Gasteiger partial charge >= 0.3 is 11.9 Å². The first kappa shape index (κ1) is 24.4. The summed E-state index contributed by atoms with van der Waals surface area (Å²) in [6, 6.07) is 0. The first-order valence-corrected chi connectivity index (χ1v) is 9.74. The van der Waals surface area contributed by atoms with Crippen molar-refractivity contribution in [2.24, 2.45) is 0 Å². The number of allylic oxidation sites excluding steroid dienone is 4. The minimum atomic E-state index is -0.934. The summed E-state index contributed by atoms with van der Waals surface area (Å²) in [7, 11) is 5.87. The van der Waals surface area contributed by atoms with Gasteiger partial charge in [-0.1, -0.05) is 50.0 Å². The minimum Gasteiger partial charge on any atom is -0.481 e. The maximum atomic E-state index is 11.9. The summed E-state index contributed by atoms with van der Waals surface area (Å²) in [6.07, 6.45) is 15.7. The molecule has 150 valence electrons. The predicted octanol–water partition coefficient (Wildman–Crippen LogP) is 4.33. The number of aliphatic carboxylic acids is 1. The SMILES string of the molecule is C/C=C/C=C/CCCCCCCCC(=O)OC(CC(=O)O)C[N+](C)(C)C. The van der Waals surface area contributed by atoms with Crippen molar-refractivity contribution in [3.63, 3.8) is 0 Å². The van der Waals surface area contributed by atoms with Gasteiger partial charge in [-0.15, -0.1) is 0 Å². The van der Waals surface area contributed by atoms with Crippen molar-refractivity contribution in [3.8, 4) is 0 Å². The van der Waals surface area contributed by atoms with E-state index in [1.54, 1.807) is 0 Å². The summed E-state index contributed by atoms with van der Waals surface area (Å²) < 4.78 is 5.95. The molecule has 0 aromatic heterocycles. The topological polar surface area (TPSA) is 63.6 Å². The van der Waals surface area contributed by atoms with Crippen LogP contribution >= 0.6 is 0 Å². The molecule has 1 unspecified atom stereocenters. The first-order valence-electron chi connectivity index (χ1n) is 9.74. The molecule has 5 nitrogen and oxygen atoms in total. The number of ether oxygens (including phenoxy) is 1. The van der Waals surface area contributed by atoms with Gasteiger partial charge in [0.1, 0.15) is 6.54 Å². The lowest BCUT2D eigenvalue weighted by atomic mass is 10.1. The van der Waals surface area contributed by atoms with Crippen molar-refractivity contribution in [1.29, 1.82) is 0 Å². The molecular weight excluding hydrogens is 330 g/mol. The number of hydrogen-bond acceptors (Lipinski definition) is 3. The molecule has 0 amide bonds. The number of carbonyl (C=O) groups is 2. The fourth-order valence-electron chi connectivity index (χ4n) is 2.72. The summed E-state index contributed by atoms with van der Waals surface area (Å²) in [5.74, 6) is -1.21. The van der Waals surface area contributed by atoms with Gasteiger partial charge in [0.05, 0.1) is 27.6 Å². The van der Waals surface area contributed by atoms with Crippen LogP contribution in [-0.2, 0) is 14.3 Å². The summed E-state index contributed by atoms with van der Waals surface area (Å²) in [5.41, 5.74) is 0. The molecule has 26 heavy (non-hydrogen) atoms. The van der Waals surface area contributed by atoms with Gasteiger partial charge in [-0.05, 0) is 26.2 Å². The van der Waals surface area contributed by atoms with Crippen LogP contribution < -0.4 is 0 Å². The molecule has 0 bridgehead atoms. The molecule has 5 heteroatoms. The smallest absolute Gasteiger partial charge is 0.307 e. The zero-order chi connectivity index (χ0) is 19.8. The first-order chi connectivity index (χ1) is 12.2. The lowest BCUT2D eigenvalue weighted by Crippen LogP contribution is -2.43. The van der Waals surface area contributed by atoms with E-state index >= 15 is 0 Å². The van der Waals surface area contributed by atoms with Crippen molar-refractivity contribution in [2.75, 3.05) is 27.7 Å². The molecule has 0 aliphatic heterocycles. The zero-order valence-electron chi connectivity index (χ0n) is 17.1. The summed E-state index contributed by atoms with van der Waals surface area (Å²) in [5, 5.41) is 8.97. The number of carboxylic acids is 1. The van der Waals surface area contributed by atoms with Crippen LogP contribution in [0.15, 0.2) is 24.3 Å². The standard InChI is InChI=1S/C21H37NO4/c1-5-6-7-8-9-10-11-12-13-14-15-16-21(25)26-19(17-20(23)24)18-22(2,3)4/h5-8,19H,9-18H2,1-4H3/p+1/b6-5+,8-7+. The van der Waals surface area contributed by atoms with Crippen molar-refractivity contribution < 1.29 is 23.9 Å². The molecule has 0 saturated heterocycles. The highest BCUT2D eigenvalue weighted by Gasteiger charge is 2.24. The van der Waals surface area contributed by atoms with Crippen LogP contribution in [-0.4, -0.2) is 55.3 Å². The molecule has 0 radical (unpaired) electrons. The fraction of sp³-hybridized carbons (Fsp3) is 0.714. The van der Waals surface area contributed by atoms with Gasteiger partial charge in [0.15, 0.2) is 6.10 Å². The number of likely N-dealkylation sites (N-methyl/N-ethyl adjacent to an activating group) is 1. The van der Waals surface area contributed by atoms with Crippen molar-refractivity contribution in [2.45, 2.75) is 70.8 Å². The van der Waals surface area contributed by atoms with Crippen LogP contribution in [0.4, 0.5) is 0 Å². The van der Waals surface area contributed by atoms with E-state index in [1.165, 1.54) is 19.3 Å². The third-order valence-electron chi connectivity index (χ3n) is 3.89. The van der Waals surface area contributed by atoms with Gasteiger partial charge in [-0.2, -0.15) is 0 Å². The number of rotatable bonds is 15. The van der Waals surface area contributed by atoms with Gasteiger partial charge in [-0.3, -0.25) is 9.59 Å². The lowest BCUT2D eigenvalue weighted by Gasteiger charge is -2.28. The Balaban J connectivity index is 3.81. The van der Waals surface area contributed by atoms with E-state index in [0.717, 1.165) is 25.7 Å². The molecule has 1 N–H and O–H groups in total. The van der Waals surface area contributed by atoms with Gasteiger partial charge in [0.2, 0.25) is 0 Å². The average molecular weight is 369 g/mol. The van der Waals surface area contributed by atoms with Crippen LogP contribution in [0.25, 0.3) is 0 Å². The summed E-state index contributed by atoms with van der Waals surface area (Å²) in [4.78, 5) is 22.9. The number of carboxylic acid groups (broad SMARTS) is 1. The fourth-order valence-corrected chi connectivity index (χ4v) is 2.72. The Morgan fingerprint density at radius 3 is 2.19 bits per heavy atom. The number of esters is 1. The van der Waals surface area contributed by atoms with Crippen molar-refractivity contribution in [1.82, 2.24) is 0 Å². The normalized spacial score (nSPS) is 13.4. The maximum absolute atomic E-state index is 11.9. The van der Waals surface area contributed by atoms with Crippen LogP contribution in [0.1, 0.15) is 64.7 Å². The van der Waals surface area contributed by atoms with E-state index in [4.69, 9.17) is 9.84 Å². The molecular formula is C21H38NO4+. The number of unbranched alkanes of at least 4 members (excludes halogenated alkanes) is 6. The Labute approximate surface area is 159 Å². The molecule has 0 fully saturated rings. The average Bonchev–Trinajstić information content (AvgIpc) is 2.50. The second kappa shape index (κ2) is 14.5. The quantitative estimate of drug-likeness (QED) is 0.202. The monoisotopic (exact) mass is 368 g/mol. The molecule has 0 heterocycles. The van der Waals surface area contributed by atoms with Crippen LogP contribution in [0.3, 0.4) is 0 Å². The number of hydrogen-bond donors (Lipinski definition) is 1. The Hall–Kier alpha value is -1.62. The van der Waals surface area contributed by atoms with E-state index in [9.17, 15) is 9.59 Å². The molecule has 0 rings (SSSR count). The van der Waals surface area contributed by atoms with Gasteiger partial charge in [-0.25, -0.2) is 0 Å². The van der Waals surface area contributed by atoms with E-state index < -0.39 is 12.1 Å². The third-order valence-corrected chi connectivity index (χ3v) is 3.89. The number of nitrogens with zero attached hydrogens (tertiary/aromatic N) is 1. The molecule has 1 atom stereocenters. The molecule has 0 aromatic rings. The molecule has 0 aliphatic carbocycles. The van der Waals surface area contributed by atoms with Crippen LogP contribution in [0.2, 0.25) is 0 Å². The van der Waals surface area contributed by atoms with Crippen molar-refractivity contribution >= 4 is 11.9 Å². The van der Waals surface area contributed by atoms with Crippen molar-refractivity contribution in [3.05, 3.63) is 24.3 Å². The predicted molar refractivity (Wildman–Crippen MR) is 106 cm³/mol. The Kier molecular flexibility index (Phi) is 13.6. The summed E-state index contributed by atoms with van der Waals surface area (Å²) in [6.45, 7) is 2.51. The Morgan fingerprint density at radius 1 is 1.00 bits per heavy atom. The third kappa shape index (κ3) is 17.2. The van der Waals surface area contributed by atoms with E-state index in [0.29, 0.717) is 17.4 Å². The van der Waals surface area contributed by atoms with Crippen LogP contribution in [0, 0.1) is 0 Å². The van der Waals surface area contributed by atoms with Crippen LogP contribution in [0.5, 0.6) is 0 Å². The molecule has 0 aromatic carbocycles. The highest BCUT2D eigenvalue weighted by molar-refractivity contribution is 5.71. The second-order valence-corrected chi connectivity index (χ2v) is 7.80. The molecule has 0 saturated carbocycles. The second-order valence-electron chi connectivity index (χ2n) is 7.80. The van der Waals surface area contributed by atoms with E-state index in [2.05, 4.69) is 12.2 Å². The molecule has 0 spiro atoms. The highest BCUT2D eigenvalue weighted by atomic mass is 16.5. The van der Waals surface area contributed by atoms with Gasteiger partial charge in [0, 0.05) is 6.42 Å². The van der Waals surface area contributed by atoms with E-state index in [1.807, 2.05) is 40.2 Å². The van der Waals surface area contributed by atoms with Gasteiger partial charge < -0.3 is 14.3 Å². The summed E-state index contributed by atoms with van der Waals surface area (Å²) >= 11 is 0.